The standard InChI is InChI=1S/C26H29N3O3S/c1-25(2,3)17-14-20(26(4,5)6)24(30)23(15-17)29-27-21-13-12-19(16-22(21)28-29)33(31,32)18-10-8-7-9-11-18/h7-16,30H,1-6H3. The molecule has 0 aliphatic rings. The summed E-state index contributed by atoms with van der Waals surface area (Å²) in [5, 5.41) is 20.2. The highest BCUT2D eigenvalue weighted by atomic mass is 32.2. The molecule has 0 aliphatic heterocycles. The van der Waals surface area contributed by atoms with Crippen molar-refractivity contribution in [2.45, 2.75) is 62.2 Å². The number of phenolic OH excluding ortho intramolecular Hbond substituents is 1. The van der Waals surface area contributed by atoms with Gasteiger partial charge in [0.05, 0.1) is 9.79 Å². The van der Waals surface area contributed by atoms with Crippen LogP contribution in [0.2, 0.25) is 0 Å². The number of fused-ring (bicyclic) bond motifs is 1. The molecule has 0 amide bonds. The maximum absolute atomic E-state index is 13.0. The maximum Gasteiger partial charge on any atom is 0.206 e. The van der Waals surface area contributed by atoms with Crippen molar-refractivity contribution in [2.75, 3.05) is 0 Å². The summed E-state index contributed by atoms with van der Waals surface area (Å²) in [6.07, 6.45) is 0. The molecule has 4 rings (SSSR count). The van der Waals surface area contributed by atoms with E-state index in [2.05, 4.69) is 31.0 Å². The number of aromatic hydroxyl groups is 1. The molecule has 33 heavy (non-hydrogen) atoms. The predicted molar refractivity (Wildman–Crippen MR) is 130 cm³/mol. The van der Waals surface area contributed by atoms with E-state index in [9.17, 15) is 13.5 Å². The van der Waals surface area contributed by atoms with Crippen molar-refractivity contribution in [3.8, 4) is 11.4 Å². The summed E-state index contributed by atoms with van der Waals surface area (Å²) in [4.78, 5) is 1.77. The molecule has 7 heteroatoms. The van der Waals surface area contributed by atoms with E-state index in [0.717, 1.165) is 11.1 Å². The smallest absolute Gasteiger partial charge is 0.206 e. The summed E-state index contributed by atoms with van der Waals surface area (Å²) in [6, 6.07) is 16.9. The third-order valence-corrected chi connectivity index (χ3v) is 7.46. The van der Waals surface area contributed by atoms with E-state index < -0.39 is 9.84 Å². The van der Waals surface area contributed by atoms with Gasteiger partial charge in [0.25, 0.3) is 0 Å². The van der Waals surface area contributed by atoms with Crippen LogP contribution in [0, 0.1) is 0 Å². The van der Waals surface area contributed by atoms with Gasteiger partial charge < -0.3 is 5.11 Å². The van der Waals surface area contributed by atoms with Gasteiger partial charge in [-0.15, -0.1) is 15.0 Å². The first-order valence-electron chi connectivity index (χ1n) is 10.8. The van der Waals surface area contributed by atoms with Crippen LogP contribution < -0.4 is 0 Å². The van der Waals surface area contributed by atoms with Crippen LogP contribution in [0.15, 0.2) is 70.5 Å². The average Bonchev–Trinajstić information content (AvgIpc) is 3.16. The number of benzene rings is 3. The average molecular weight is 464 g/mol. The zero-order valence-corrected chi connectivity index (χ0v) is 20.6. The minimum absolute atomic E-state index is 0.118. The van der Waals surface area contributed by atoms with Gasteiger partial charge in [0.2, 0.25) is 9.84 Å². The first-order chi connectivity index (χ1) is 15.3. The lowest BCUT2D eigenvalue weighted by atomic mass is 9.80. The molecule has 0 saturated heterocycles. The molecular formula is C26H29N3O3S. The fourth-order valence-electron chi connectivity index (χ4n) is 3.68. The summed E-state index contributed by atoms with van der Waals surface area (Å²) in [5.41, 5.74) is 2.86. The SMILES string of the molecule is CC(C)(C)c1cc(-n2nc3ccc(S(=O)(=O)c4ccccc4)cc3n2)c(O)c(C(C)(C)C)c1. The second kappa shape index (κ2) is 7.70. The molecule has 0 saturated carbocycles. The summed E-state index contributed by atoms with van der Waals surface area (Å²) >= 11 is 0. The van der Waals surface area contributed by atoms with Gasteiger partial charge in [-0.1, -0.05) is 65.8 Å². The molecule has 1 heterocycles. The monoisotopic (exact) mass is 463 g/mol. The van der Waals surface area contributed by atoms with Gasteiger partial charge >= 0.3 is 0 Å². The fourth-order valence-corrected chi connectivity index (χ4v) is 4.98. The van der Waals surface area contributed by atoms with Gasteiger partial charge in [0, 0.05) is 5.56 Å². The van der Waals surface area contributed by atoms with Crippen LogP contribution in [-0.4, -0.2) is 28.5 Å². The highest BCUT2D eigenvalue weighted by Gasteiger charge is 2.26. The van der Waals surface area contributed by atoms with Crippen molar-refractivity contribution in [1.29, 1.82) is 0 Å². The van der Waals surface area contributed by atoms with Gasteiger partial charge in [-0.05, 0) is 52.8 Å². The number of phenols is 1. The van der Waals surface area contributed by atoms with Crippen molar-refractivity contribution < 1.29 is 13.5 Å². The summed E-state index contributed by atoms with van der Waals surface area (Å²) in [7, 11) is -3.67. The second-order valence-electron chi connectivity index (χ2n) is 10.3. The molecule has 0 aliphatic carbocycles. The Balaban J connectivity index is 1.88. The van der Waals surface area contributed by atoms with E-state index in [1.807, 2.05) is 32.9 Å². The maximum atomic E-state index is 13.0. The van der Waals surface area contributed by atoms with E-state index in [4.69, 9.17) is 0 Å². The quantitative estimate of drug-likeness (QED) is 0.430. The first kappa shape index (κ1) is 23.0. The lowest BCUT2D eigenvalue weighted by Crippen LogP contribution is -2.18. The highest BCUT2D eigenvalue weighted by Crippen LogP contribution is 2.39. The van der Waals surface area contributed by atoms with Gasteiger partial charge in [-0.25, -0.2) is 8.42 Å². The Labute approximate surface area is 194 Å². The minimum Gasteiger partial charge on any atom is -0.505 e. The Morgan fingerprint density at radius 2 is 1.39 bits per heavy atom. The summed E-state index contributed by atoms with van der Waals surface area (Å²) in [5.74, 6) is 0.118. The third kappa shape index (κ3) is 4.25. The molecule has 0 spiro atoms. The molecule has 0 fully saturated rings. The van der Waals surface area contributed by atoms with E-state index in [-0.39, 0.29) is 26.4 Å². The van der Waals surface area contributed by atoms with Crippen LogP contribution in [0.4, 0.5) is 0 Å². The van der Waals surface area contributed by atoms with Gasteiger partial charge in [-0.3, -0.25) is 0 Å². The fraction of sp³-hybridized carbons (Fsp3) is 0.308. The van der Waals surface area contributed by atoms with E-state index in [1.165, 1.54) is 16.9 Å². The third-order valence-electron chi connectivity index (χ3n) is 5.69. The molecule has 0 radical (unpaired) electrons. The van der Waals surface area contributed by atoms with Crippen molar-refractivity contribution >= 4 is 20.9 Å². The summed E-state index contributed by atoms with van der Waals surface area (Å²) in [6.45, 7) is 12.5. The predicted octanol–water partition coefficient (Wildman–Crippen LogP) is 5.55. The molecule has 0 bridgehead atoms. The molecule has 6 nitrogen and oxygen atoms in total. The Bertz CT molecular complexity index is 1440. The lowest BCUT2D eigenvalue weighted by Gasteiger charge is -2.27. The molecule has 0 atom stereocenters. The van der Waals surface area contributed by atoms with E-state index >= 15 is 0 Å². The number of sulfone groups is 1. The van der Waals surface area contributed by atoms with Crippen LogP contribution in [0.1, 0.15) is 52.7 Å². The molecule has 4 aromatic rings. The molecule has 1 aromatic heterocycles. The topological polar surface area (TPSA) is 85.1 Å². The van der Waals surface area contributed by atoms with Crippen LogP contribution in [0.5, 0.6) is 5.75 Å². The molecule has 1 N–H and O–H groups in total. The zero-order valence-electron chi connectivity index (χ0n) is 19.8. The van der Waals surface area contributed by atoms with Crippen LogP contribution >= 0.6 is 0 Å². The molecule has 0 unspecified atom stereocenters. The Morgan fingerprint density at radius 3 is 2.00 bits per heavy atom. The summed E-state index contributed by atoms with van der Waals surface area (Å²) < 4.78 is 26.0. The van der Waals surface area contributed by atoms with Gasteiger partial charge in [0.15, 0.2) is 0 Å². The molecule has 3 aromatic carbocycles. The second-order valence-corrected chi connectivity index (χ2v) is 12.3. The van der Waals surface area contributed by atoms with Crippen molar-refractivity contribution in [3.05, 3.63) is 71.8 Å². The zero-order chi connectivity index (χ0) is 24.2. The van der Waals surface area contributed by atoms with Crippen molar-refractivity contribution in [1.82, 2.24) is 15.0 Å². The normalized spacial score (nSPS) is 12.9. The minimum atomic E-state index is -3.67. The van der Waals surface area contributed by atoms with Crippen LogP contribution in [-0.2, 0) is 20.7 Å². The Hall–Kier alpha value is -3.19. The number of hydrogen-bond acceptors (Lipinski definition) is 5. The highest BCUT2D eigenvalue weighted by molar-refractivity contribution is 7.91. The number of hydrogen-bond donors (Lipinski definition) is 1. The molecular weight excluding hydrogens is 434 g/mol. The van der Waals surface area contributed by atoms with E-state index in [1.54, 1.807) is 36.4 Å². The largest absolute Gasteiger partial charge is 0.505 e. The van der Waals surface area contributed by atoms with E-state index in [0.29, 0.717) is 16.7 Å². The van der Waals surface area contributed by atoms with Crippen molar-refractivity contribution in [3.63, 3.8) is 0 Å². The van der Waals surface area contributed by atoms with Crippen LogP contribution in [0.25, 0.3) is 16.7 Å². The van der Waals surface area contributed by atoms with Gasteiger partial charge in [0.1, 0.15) is 22.5 Å². The van der Waals surface area contributed by atoms with Gasteiger partial charge in [-0.2, -0.15) is 0 Å². The Morgan fingerprint density at radius 1 is 0.758 bits per heavy atom. The number of rotatable bonds is 3. The molecule has 172 valence electrons. The Kier molecular flexibility index (Phi) is 5.36. The number of nitrogens with zero attached hydrogens (tertiary/aromatic N) is 3. The van der Waals surface area contributed by atoms with Crippen molar-refractivity contribution in [2.24, 2.45) is 0 Å². The number of aromatic nitrogens is 3. The first-order valence-corrected chi connectivity index (χ1v) is 12.3. The van der Waals surface area contributed by atoms with Crippen LogP contribution in [0.3, 0.4) is 0 Å². The lowest BCUT2D eigenvalue weighted by molar-refractivity contribution is 0.438.